The maximum absolute atomic E-state index is 2.46. The fraction of sp³-hybridized carbons (Fsp3) is 0.913. The highest BCUT2D eigenvalue weighted by Gasteiger charge is 2.10. The van der Waals surface area contributed by atoms with Gasteiger partial charge in [0.1, 0.15) is 0 Å². The van der Waals surface area contributed by atoms with Crippen molar-refractivity contribution < 1.29 is 0 Å². The molecule has 0 unspecified atom stereocenters. The molecule has 0 saturated heterocycles. The smallest absolute Gasteiger partial charge is 0.00891 e. The van der Waals surface area contributed by atoms with Crippen LogP contribution in [0.1, 0.15) is 117 Å². The zero-order valence-electron chi connectivity index (χ0n) is 17.5. The van der Waals surface area contributed by atoms with Gasteiger partial charge in [0, 0.05) is 6.04 Å². The maximum Gasteiger partial charge on any atom is 0.00891 e. The largest absolute Gasteiger partial charge is 0.306 e. The van der Waals surface area contributed by atoms with Crippen molar-refractivity contribution in [3.8, 4) is 0 Å². The maximum atomic E-state index is 2.46. The van der Waals surface area contributed by atoms with Crippen LogP contribution in [0.2, 0.25) is 0 Å². The molecular weight excluding hydrogens is 290 g/mol. The SMILES string of the molecule is CC/C=C\CCCCCCC[C@@H](CCCCCCCCC)N(C)C. The summed E-state index contributed by atoms with van der Waals surface area (Å²) < 4.78 is 0. The Labute approximate surface area is 154 Å². The highest BCUT2D eigenvalue weighted by molar-refractivity contribution is 4.79. The van der Waals surface area contributed by atoms with E-state index < -0.39 is 0 Å². The van der Waals surface area contributed by atoms with E-state index in [9.17, 15) is 0 Å². The third-order valence-corrected chi connectivity index (χ3v) is 5.18. The summed E-state index contributed by atoms with van der Waals surface area (Å²) in [6.07, 6.45) is 27.0. The predicted molar refractivity (Wildman–Crippen MR) is 112 cm³/mol. The number of hydrogen-bond acceptors (Lipinski definition) is 1. The molecule has 1 atom stereocenters. The second-order valence-electron chi connectivity index (χ2n) is 7.75. The standard InChI is InChI=1S/C23H47N/c1-5-7-9-11-13-14-16-18-20-22-23(24(3)4)21-19-17-15-12-10-8-6-2/h7,9,23H,5-6,8,10-22H2,1-4H3/b9-7-/t23-/m1/s1. The highest BCUT2D eigenvalue weighted by Crippen LogP contribution is 2.17. The van der Waals surface area contributed by atoms with Crippen LogP contribution in [0.4, 0.5) is 0 Å². The number of rotatable bonds is 18. The lowest BCUT2D eigenvalue weighted by molar-refractivity contribution is 0.251. The molecule has 0 aliphatic heterocycles. The summed E-state index contributed by atoms with van der Waals surface area (Å²) in [5.74, 6) is 0. The van der Waals surface area contributed by atoms with Crippen LogP contribution < -0.4 is 0 Å². The Bertz CT molecular complexity index is 257. The molecule has 0 aromatic rings. The first kappa shape index (κ1) is 23.7. The van der Waals surface area contributed by atoms with E-state index in [-0.39, 0.29) is 0 Å². The summed E-state index contributed by atoms with van der Waals surface area (Å²) in [5.41, 5.74) is 0. The molecule has 0 spiro atoms. The van der Waals surface area contributed by atoms with Gasteiger partial charge in [-0.25, -0.2) is 0 Å². The zero-order chi connectivity index (χ0) is 17.9. The molecule has 0 bridgehead atoms. The van der Waals surface area contributed by atoms with Crippen LogP contribution in [0, 0.1) is 0 Å². The van der Waals surface area contributed by atoms with Gasteiger partial charge in [-0.1, -0.05) is 96.6 Å². The molecule has 0 aromatic heterocycles. The van der Waals surface area contributed by atoms with E-state index >= 15 is 0 Å². The molecule has 0 radical (unpaired) electrons. The monoisotopic (exact) mass is 337 g/mol. The van der Waals surface area contributed by atoms with Gasteiger partial charge in [-0.3, -0.25) is 0 Å². The second kappa shape index (κ2) is 19.0. The van der Waals surface area contributed by atoms with Crippen molar-refractivity contribution in [3.63, 3.8) is 0 Å². The van der Waals surface area contributed by atoms with Crippen molar-refractivity contribution in [1.82, 2.24) is 4.90 Å². The minimum absolute atomic E-state index is 0.813. The lowest BCUT2D eigenvalue weighted by Gasteiger charge is -2.24. The molecular formula is C23H47N. The minimum atomic E-state index is 0.813. The number of allylic oxidation sites excluding steroid dienone is 2. The van der Waals surface area contributed by atoms with E-state index in [4.69, 9.17) is 0 Å². The molecule has 0 amide bonds. The number of nitrogens with zero attached hydrogens (tertiary/aromatic N) is 1. The molecule has 0 heterocycles. The van der Waals surface area contributed by atoms with Crippen molar-refractivity contribution in [2.75, 3.05) is 14.1 Å². The summed E-state index contributed by atoms with van der Waals surface area (Å²) in [6.45, 7) is 4.51. The first-order valence-electron chi connectivity index (χ1n) is 11.0. The molecule has 0 aromatic carbocycles. The normalized spacial score (nSPS) is 13.2. The molecule has 0 rings (SSSR count). The first-order valence-corrected chi connectivity index (χ1v) is 11.0. The van der Waals surface area contributed by atoms with Gasteiger partial charge in [0.25, 0.3) is 0 Å². The zero-order valence-corrected chi connectivity index (χ0v) is 17.5. The third-order valence-electron chi connectivity index (χ3n) is 5.18. The number of hydrogen-bond donors (Lipinski definition) is 0. The molecule has 0 N–H and O–H groups in total. The van der Waals surface area contributed by atoms with Gasteiger partial charge in [-0.05, 0) is 46.2 Å². The van der Waals surface area contributed by atoms with Crippen molar-refractivity contribution in [2.24, 2.45) is 0 Å². The summed E-state index contributed by atoms with van der Waals surface area (Å²) in [5, 5.41) is 0. The summed E-state index contributed by atoms with van der Waals surface area (Å²) >= 11 is 0. The molecule has 0 saturated carbocycles. The van der Waals surface area contributed by atoms with Crippen LogP contribution in [0.25, 0.3) is 0 Å². The minimum Gasteiger partial charge on any atom is -0.306 e. The van der Waals surface area contributed by atoms with E-state index in [1.165, 1.54) is 103 Å². The van der Waals surface area contributed by atoms with Crippen molar-refractivity contribution >= 4 is 0 Å². The van der Waals surface area contributed by atoms with Crippen LogP contribution >= 0.6 is 0 Å². The van der Waals surface area contributed by atoms with Gasteiger partial charge in [0.15, 0.2) is 0 Å². The molecule has 0 aliphatic rings. The van der Waals surface area contributed by atoms with Crippen molar-refractivity contribution in [2.45, 2.75) is 123 Å². The molecule has 0 aliphatic carbocycles. The fourth-order valence-corrected chi connectivity index (χ4v) is 3.45. The van der Waals surface area contributed by atoms with Crippen LogP contribution in [-0.4, -0.2) is 25.0 Å². The Morgan fingerprint density at radius 2 is 1.12 bits per heavy atom. The van der Waals surface area contributed by atoms with Crippen LogP contribution in [-0.2, 0) is 0 Å². The Hall–Kier alpha value is -0.300. The molecule has 1 heteroatoms. The topological polar surface area (TPSA) is 3.24 Å². The summed E-state index contributed by atoms with van der Waals surface area (Å²) in [6, 6.07) is 0.813. The Morgan fingerprint density at radius 1 is 0.625 bits per heavy atom. The summed E-state index contributed by atoms with van der Waals surface area (Å²) in [7, 11) is 4.54. The van der Waals surface area contributed by atoms with Gasteiger partial charge >= 0.3 is 0 Å². The van der Waals surface area contributed by atoms with Gasteiger partial charge in [0.2, 0.25) is 0 Å². The van der Waals surface area contributed by atoms with E-state index in [0.717, 1.165) is 6.04 Å². The molecule has 144 valence electrons. The lowest BCUT2D eigenvalue weighted by Crippen LogP contribution is -2.27. The molecule has 24 heavy (non-hydrogen) atoms. The van der Waals surface area contributed by atoms with Crippen molar-refractivity contribution in [1.29, 1.82) is 0 Å². The van der Waals surface area contributed by atoms with Crippen molar-refractivity contribution in [3.05, 3.63) is 12.2 Å². The van der Waals surface area contributed by atoms with E-state index in [1.54, 1.807) is 0 Å². The van der Waals surface area contributed by atoms with E-state index in [2.05, 4.69) is 45.0 Å². The second-order valence-corrected chi connectivity index (χ2v) is 7.75. The Kier molecular flexibility index (Phi) is 18.8. The van der Waals surface area contributed by atoms with E-state index in [1.807, 2.05) is 0 Å². The molecule has 1 nitrogen and oxygen atoms in total. The average Bonchev–Trinajstić information content (AvgIpc) is 2.57. The average molecular weight is 338 g/mol. The lowest BCUT2D eigenvalue weighted by atomic mass is 9.99. The Balaban J connectivity index is 3.51. The third kappa shape index (κ3) is 16.6. The molecule has 0 fully saturated rings. The van der Waals surface area contributed by atoms with Gasteiger partial charge in [-0.15, -0.1) is 0 Å². The first-order chi connectivity index (χ1) is 11.7. The van der Waals surface area contributed by atoms with Crippen LogP contribution in [0.5, 0.6) is 0 Å². The van der Waals surface area contributed by atoms with Crippen LogP contribution in [0.3, 0.4) is 0 Å². The van der Waals surface area contributed by atoms with E-state index in [0.29, 0.717) is 0 Å². The predicted octanol–water partition coefficient (Wildman–Crippen LogP) is 7.75. The van der Waals surface area contributed by atoms with Gasteiger partial charge < -0.3 is 4.90 Å². The quantitative estimate of drug-likeness (QED) is 0.182. The summed E-state index contributed by atoms with van der Waals surface area (Å²) in [4.78, 5) is 2.46. The van der Waals surface area contributed by atoms with Gasteiger partial charge in [-0.2, -0.15) is 0 Å². The highest BCUT2D eigenvalue weighted by atomic mass is 15.1. The Morgan fingerprint density at radius 3 is 1.62 bits per heavy atom. The van der Waals surface area contributed by atoms with Crippen LogP contribution in [0.15, 0.2) is 12.2 Å². The number of unbranched alkanes of at least 4 members (excludes halogenated alkanes) is 11. The fourth-order valence-electron chi connectivity index (χ4n) is 3.45. The van der Waals surface area contributed by atoms with Gasteiger partial charge in [0.05, 0.1) is 0 Å².